The summed E-state index contributed by atoms with van der Waals surface area (Å²) in [6.07, 6.45) is 1.09. The highest BCUT2D eigenvalue weighted by Gasteiger charge is 2.05. The molecule has 2 aromatic rings. The van der Waals surface area contributed by atoms with Crippen molar-refractivity contribution >= 4 is 0 Å². The van der Waals surface area contributed by atoms with Crippen molar-refractivity contribution in [3.8, 4) is 11.1 Å². The highest BCUT2D eigenvalue weighted by Crippen LogP contribution is 2.21. The van der Waals surface area contributed by atoms with Crippen molar-refractivity contribution in [2.75, 3.05) is 26.7 Å². The Morgan fingerprint density at radius 2 is 1.68 bits per heavy atom. The van der Waals surface area contributed by atoms with Crippen LogP contribution in [-0.4, -0.2) is 31.6 Å². The third-order valence-corrected chi connectivity index (χ3v) is 4.15. The smallest absolute Gasteiger partial charge is 0.0234 e. The standard InChI is InChI=1S/C20H28N2/c1-4-17-9-11-19(12-10-17)20-8-6-7-18(15-20)16-22(5-2)14-13-21-3/h6-12,15,21H,4-5,13-14,16H2,1-3H3. The molecule has 0 aliphatic heterocycles. The minimum Gasteiger partial charge on any atom is -0.318 e. The highest BCUT2D eigenvalue weighted by atomic mass is 15.1. The van der Waals surface area contributed by atoms with Gasteiger partial charge in [-0.15, -0.1) is 0 Å². The van der Waals surface area contributed by atoms with E-state index in [4.69, 9.17) is 0 Å². The molecule has 22 heavy (non-hydrogen) atoms. The monoisotopic (exact) mass is 296 g/mol. The van der Waals surface area contributed by atoms with Crippen LogP contribution >= 0.6 is 0 Å². The number of hydrogen-bond acceptors (Lipinski definition) is 2. The van der Waals surface area contributed by atoms with Gasteiger partial charge in [0.25, 0.3) is 0 Å². The molecule has 0 saturated carbocycles. The normalized spacial score (nSPS) is 11.1. The number of aryl methyl sites for hydroxylation is 1. The van der Waals surface area contributed by atoms with Gasteiger partial charge in [-0.3, -0.25) is 4.90 Å². The number of likely N-dealkylation sites (N-methyl/N-ethyl adjacent to an activating group) is 2. The van der Waals surface area contributed by atoms with Gasteiger partial charge in [0.05, 0.1) is 0 Å². The molecule has 0 radical (unpaired) electrons. The number of nitrogens with one attached hydrogen (secondary N) is 1. The van der Waals surface area contributed by atoms with Crippen LogP contribution in [0.15, 0.2) is 48.5 Å². The van der Waals surface area contributed by atoms with Gasteiger partial charge in [0.1, 0.15) is 0 Å². The summed E-state index contributed by atoms with van der Waals surface area (Å²) in [5.74, 6) is 0. The van der Waals surface area contributed by atoms with E-state index in [2.05, 4.69) is 72.6 Å². The molecule has 0 aromatic heterocycles. The minimum atomic E-state index is 1.01. The molecule has 0 spiro atoms. The molecule has 2 aromatic carbocycles. The van der Waals surface area contributed by atoms with E-state index in [1.165, 1.54) is 22.3 Å². The summed E-state index contributed by atoms with van der Waals surface area (Å²) in [4.78, 5) is 2.47. The van der Waals surface area contributed by atoms with Crippen LogP contribution < -0.4 is 5.32 Å². The largest absolute Gasteiger partial charge is 0.318 e. The maximum absolute atomic E-state index is 3.22. The van der Waals surface area contributed by atoms with E-state index in [1.807, 2.05) is 7.05 Å². The summed E-state index contributed by atoms with van der Waals surface area (Å²) in [6, 6.07) is 17.8. The SMILES string of the molecule is CCc1ccc(-c2cccc(CN(CC)CCNC)c2)cc1. The summed E-state index contributed by atoms with van der Waals surface area (Å²) in [6.45, 7) is 8.63. The summed E-state index contributed by atoms with van der Waals surface area (Å²) in [5, 5.41) is 3.22. The lowest BCUT2D eigenvalue weighted by Crippen LogP contribution is -2.30. The molecule has 0 atom stereocenters. The fourth-order valence-electron chi connectivity index (χ4n) is 2.66. The Kier molecular flexibility index (Phi) is 6.63. The van der Waals surface area contributed by atoms with Crippen molar-refractivity contribution in [3.63, 3.8) is 0 Å². The van der Waals surface area contributed by atoms with Gasteiger partial charge in [-0.25, -0.2) is 0 Å². The fourth-order valence-corrected chi connectivity index (χ4v) is 2.66. The van der Waals surface area contributed by atoms with Gasteiger partial charge < -0.3 is 5.32 Å². The molecule has 0 bridgehead atoms. The summed E-state index contributed by atoms with van der Waals surface area (Å²) >= 11 is 0. The second-order valence-corrected chi connectivity index (χ2v) is 5.72. The molecule has 0 heterocycles. The van der Waals surface area contributed by atoms with Crippen LogP contribution in [0.4, 0.5) is 0 Å². The summed E-state index contributed by atoms with van der Waals surface area (Å²) < 4.78 is 0. The Balaban J connectivity index is 2.11. The van der Waals surface area contributed by atoms with Crippen LogP contribution in [0, 0.1) is 0 Å². The van der Waals surface area contributed by atoms with Gasteiger partial charge >= 0.3 is 0 Å². The first-order valence-corrected chi connectivity index (χ1v) is 8.32. The van der Waals surface area contributed by atoms with E-state index in [0.717, 1.165) is 32.6 Å². The quantitative estimate of drug-likeness (QED) is 0.793. The number of nitrogens with zero attached hydrogens (tertiary/aromatic N) is 1. The summed E-state index contributed by atoms with van der Waals surface area (Å²) in [5.41, 5.74) is 5.39. The van der Waals surface area contributed by atoms with Crippen LogP contribution in [0.3, 0.4) is 0 Å². The predicted molar refractivity (Wildman–Crippen MR) is 96.1 cm³/mol. The molecule has 2 nitrogen and oxygen atoms in total. The van der Waals surface area contributed by atoms with E-state index >= 15 is 0 Å². The Morgan fingerprint density at radius 3 is 2.32 bits per heavy atom. The Hall–Kier alpha value is -1.64. The number of benzene rings is 2. The lowest BCUT2D eigenvalue weighted by Gasteiger charge is -2.20. The van der Waals surface area contributed by atoms with E-state index in [1.54, 1.807) is 0 Å². The molecule has 0 unspecified atom stereocenters. The number of rotatable bonds is 8. The topological polar surface area (TPSA) is 15.3 Å². The maximum Gasteiger partial charge on any atom is 0.0234 e. The number of hydrogen-bond donors (Lipinski definition) is 1. The fraction of sp³-hybridized carbons (Fsp3) is 0.400. The molecule has 0 fully saturated rings. The van der Waals surface area contributed by atoms with E-state index < -0.39 is 0 Å². The highest BCUT2D eigenvalue weighted by molar-refractivity contribution is 5.64. The molecule has 0 amide bonds. The Morgan fingerprint density at radius 1 is 0.909 bits per heavy atom. The lowest BCUT2D eigenvalue weighted by molar-refractivity contribution is 0.282. The zero-order valence-corrected chi connectivity index (χ0v) is 14.1. The van der Waals surface area contributed by atoms with Crippen molar-refractivity contribution in [2.45, 2.75) is 26.8 Å². The van der Waals surface area contributed by atoms with Crippen LogP contribution in [0.1, 0.15) is 25.0 Å². The molecule has 0 aliphatic carbocycles. The van der Waals surface area contributed by atoms with E-state index in [0.29, 0.717) is 0 Å². The van der Waals surface area contributed by atoms with Gasteiger partial charge in [-0.2, -0.15) is 0 Å². The van der Waals surface area contributed by atoms with Gasteiger partial charge in [-0.05, 0) is 48.3 Å². The van der Waals surface area contributed by atoms with Crippen molar-refractivity contribution in [3.05, 3.63) is 59.7 Å². The molecule has 0 aliphatic rings. The maximum atomic E-state index is 3.22. The average molecular weight is 296 g/mol. The first-order valence-electron chi connectivity index (χ1n) is 8.32. The van der Waals surface area contributed by atoms with Crippen LogP contribution in [0.5, 0.6) is 0 Å². The zero-order valence-electron chi connectivity index (χ0n) is 14.1. The van der Waals surface area contributed by atoms with Crippen molar-refractivity contribution < 1.29 is 0 Å². The van der Waals surface area contributed by atoms with Crippen molar-refractivity contribution in [1.82, 2.24) is 10.2 Å². The van der Waals surface area contributed by atoms with Crippen LogP contribution in [0.2, 0.25) is 0 Å². The molecule has 118 valence electrons. The van der Waals surface area contributed by atoms with Crippen molar-refractivity contribution in [1.29, 1.82) is 0 Å². The average Bonchev–Trinajstić information content (AvgIpc) is 2.59. The van der Waals surface area contributed by atoms with Crippen molar-refractivity contribution in [2.24, 2.45) is 0 Å². The first-order chi connectivity index (χ1) is 10.8. The zero-order chi connectivity index (χ0) is 15.8. The first kappa shape index (κ1) is 16.7. The predicted octanol–water partition coefficient (Wildman–Crippen LogP) is 3.96. The lowest BCUT2D eigenvalue weighted by atomic mass is 10.0. The Labute approximate surface area is 135 Å². The van der Waals surface area contributed by atoms with Crippen LogP contribution in [-0.2, 0) is 13.0 Å². The van der Waals surface area contributed by atoms with Gasteiger partial charge in [0, 0.05) is 19.6 Å². The molecule has 1 N–H and O–H groups in total. The van der Waals surface area contributed by atoms with E-state index in [-0.39, 0.29) is 0 Å². The van der Waals surface area contributed by atoms with Gasteiger partial charge in [0.2, 0.25) is 0 Å². The second kappa shape index (κ2) is 8.72. The Bertz CT molecular complexity index is 560. The molecule has 0 saturated heterocycles. The minimum absolute atomic E-state index is 1.01. The summed E-state index contributed by atoms with van der Waals surface area (Å²) in [7, 11) is 2.01. The van der Waals surface area contributed by atoms with Gasteiger partial charge in [0.15, 0.2) is 0 Å². The molecule has 2 heteroatoms. The third kappa shape index (κ3) is 4.69. The molecular weight excluding hydrogens is 268 g/mol. The van der Waals surface area contributed by atoms with E-state index in [9.17, 15) is 0 Å². The van der Waals surface area contributed by atoms with Crippen LogP contribution in [0.25, 0.3) is 11.1 Å². The third-order valence-electron chi connectivity index (χ3n) is 4.15. The second-order valence-electron chi connectivity index (χ2n) is 5.72. The van der Waals surface area contributed by atoms with Gasteiger partial charge in [-0.1, -0.05) is 56.3 Å². The molecular formula is C20H28N2. The molecule has 2 rings (SSSR count).